The van der Waals surface area contributed by atoms with Crippen molar-refractivity contribution in [1.82, 2.24) is 4.98 Å². The number of alkyl halides is 3. The summed E-state index contributed by atoms with van der Waals surface area (Å²) in [6.45, 7) is 2.20. The number of aliphatic hydroxyl groups excluding tert-OH is 1. The monoisotopic (exact) mass is 274 g/mol. The van der Waals surface area contributed by atoms with Gasteiger partial charge in [-0.1, -0.05) is 0 Å². The normalized spacial score (nSPS) is 22.4. The number of nitrogens with zero attached hydrogens (tertiary/aromatic N) is 2. The number of aromatic nitrogens is 1. The minimum Gasteiger partial charge on any atom is -0.387 e. The minimum atomic E-state index is -4.13. The van der Waals surface area contributed by atoms with Gasteiger partial charge in [0, 0.05) is 13.1 Å². The second-order valence-electron chi connectivity index (χ2n) is 4.94. The summed E-state index contributed by atoms with van der Waals surface area (Å²) in [6.07, 6.45) is -2.55. The van der Waals surface area contributed by atoms with Gasteiger partial charge in [0.15, 0.2) is 0 Å². The summed E-state index contributed by atoms with van der Waals surface area (Å²) in [4.78, 5) is 5.78. The number of halogens is 3. The van der Waals surface area contributed by atoms with Crippen LogP contribution in [0.1, 0.15) is 31.6 Å². The average Bonchev–Trinajstić information content (AvgIpc) is 2.38. The number of pyridine rings is 1. The zero-order chi connectivity index (χ0) is 14.0. The second kappa shape index (κ2) is 5.36. The first-order valence-corrected chi connectivity index (χ1v) is 6.33. The number of aliphatic hydroxyl groups is 1. The molecular formula is C13H17F3N2O. The zero-order valence-electron chi connectivity index (χ0n) is 10.7. The highest BCUT2D eigenvalue weighted by Gasteiger charge is 2.41. The summed E-state index contributed by atoms with van der Waals surface area (Å²) in [5, 5.41) is 9.35. The third kappa shape index (κ3) is 3.37. The number of hydrogen-bond donors (Lipinski definition) is 1. The van der Waals surface area contributed by atoms with Crippen molar-refractivity contribution in [2.75, 3.05) is 18.0 Å². The summed E-state index contributed by atoms with van der Waals surface area (Å²) in [5.74, 6) is -1.27. The van der Waals surface area contributed by atoms with Crippen molar-refractivity contribution in [1.29, 1.82) is 0 Å². The summed E-state index contributed by atoms with van der Waals surface area (Å²) < 4.78 is 38.2. The van der Waals surface area contributed by atoms with Crippen molar-refractivity contribution >= 4 is 5.69 Å². The van der Waals surface area contributed by atoms with Crippen molar-refractivity contribution in [2.45, 2.75) is 32.0 Å². The van der Waals surface area contributed by atoms with Crippen LogP contribution in [0.5, 0.6) is 0 Å². The third-order valence-electron chi connectivity index (χ3n) is 3.45. The van der Waals surface area contributed by atoms with Gasteiger partial charge in [0.05, 0.1) is 29.6 Å². The molecule has 0 bridgehead atoms. The van der Waals surface area contributed by atoms with Crippen LogP contribution in [-0.2, 0) is 0 Å². The Morgan fingerprint density at radius 2 is 2.16 bits per heavy atom. The molecule has 1 aromatic heterocycles. The van der Waals surface area contributed by atoms with Crippen LogP contribution in [0.2, 0.25) is 0 Å². The van der Waals surface area contributed by atoms with E-state index in [0.29, 0.717) is 24.3 Å². The highest BCUT2D eigenvalue weighted by molar-refractivity contribution is 5.45. The van der Waals surface area contributed by atoms with Gasteiger partial charge in [-0.2, -0.15) is 13.2 Å². The molecule has 0 aliphatic carbocycles. The van der Waals surface area contributed by atoms with Crippen LogP contribution in [0.15, 0.2) is 18.3 Å². The number of anilines is 1. The Morgan fingerprint density at radius 3 is 2.68 bits per heavy atom. The molecule has 1 fully saturated rings. The lowest BCUT2D eigenvalue weighted by Gasteiger charge is -2.35. The number of hydrogen-bond acceptors (Lipinski definition) is 3. The lowest BCUT2D eigenvalue weighted by atomic mass is 9.97. The topological polar surface area (TPSA) is 36.4 Å². The molecule has 0 amide bonds. The highest BCUT2D eigenvalue weighted by Crippen LogP contribution is 2.34. The van der Waals surface area contributed by atoms with E-state index in [9.17, 15) is 18.3 Å². The summed E-state index contributed by atoms with van der Waals surface area (Å²) >= 11 is 0. The first-order valence-electron chi connectivity index (χ1n) is 6.33. The van der Waals surface area contributed by atoms with Crippen LogP contribution < -0.4 is 4.90 Å². The van der Waals surface area contributed by atoms with Gasteiger partial charge in [-0.15, -0.1) is 0 Å². The Labute approximate surface area is 110 Å². The van der Waals surface area contributed by atoms with Crippen LogP contribution in [0, 0.1) is 5.92 Å². The van der Waals surface area contributed by atoms with Gasteiger partial charge in [-0.25, -0.2) is 0 Å². The SMILES string of the molecule is CC(O)c1ccc(N2CCCC(C(F)(F)F)C2)cn1. The van der Waals surface area contributed by atoms with Crippen LogP contribution in [-0.4, -0.2) is 29.4 Å². The Kier molecular flexibility index (Phi) is 3.99. The van der Waals surface area contributed by atoms with E-state index >= 15 is 0 Å². The summed E-state index contributed by atoms with van der Waals surface area (Å²) in [5.41, 5.74) is 1.20. The molecule has 2 heterocycles. The smallest absolute Gasteiger partial charge is 0.387 e. The number of piperidine rings is 1. The molecule has 106 valence electrons. The van der Waals surface area contributed by atoms with Gasteiger partial charge in [-0.05, 0) is 31.9 Å². The van der Waals surface area contributed by atoms with Crippen LogP contribution in [0.4, 0.5) is 18.9 Å². The maximum Gasteiger partial charge on any atom is 0.393 e. The van der Waals surface area contributed by atoms with Gasteiger partial charge in [0.25, 0.3) is 0 Å². The van der Waals surface area contributed by atoms with Gasteiger partial charge < -0.3 is 10.0 Å². The van der Waals surface area contributed by atoms with Crippen molar-refractivity contribution < 1.29 is 18.3 Å². The van der Waals surface area contributed by atoms with Crippen molar-refractivity contribution in [3.63, 3.8) is 0 Å². The molecule has 0 spiro atoms. The quantitative estimate of drug-likeness (QED) is 0.900. The molecule has 1 aliphatic rings. The molecule has 1 saturated heterocycles. The molecular weight excluding hydrogens is 257 g/mol. The standard InChI is InChI=1S/C13H17F3N2O/c1-9(19)12-5-4-11(7-17-12)18-6-2-3-10(8-18)13(14,15)16/h4-5,7,9-10,19H,2-3,6,8H2,1H3. The molecule has 2 rings (SSSR count). The Bertz CT molecular complexity index is 417. The largest absolute Gasteiger partial charge is 0.393 e. The van der Waals surface area contributed by atoms with E-state index in [2.05, 4.69) is 4.98 Å². The summed E-state index contributed by atoms with van der Waals surface area (Å²) in [6, 6.07) is 3.37. The summed E-state index contributed by atoms with van der Waals surface area (Å²) in [7, 11) is 0. The van der Waals surface area contributed by atoms with Gasteiger partial charge in [0.2, 0.25) is 0 Å². The van der Waals surface area contributed by atoms with E-state index in [-0.39, 0.29) is 13.0 Å². The predicted molar refractivity (Wildman–Crippen MR) is 65.9 cm³/mol. The maximum atomic E-state index is 12.7. The molecule has 3 nitrogen and oxygen atoms in total. The van der Waals surface area contributed by atoms with E-state index < -0.39 is 18.2 Å². The Morgan fingerprint density at radius 1 is 1.42 bits per heavy atom. The number of rotatable bonds is 2. The van der Waals surface area contributed by atoms with E-state index in [1.54, 1.807) is 24.0 Å². The fourth-order valence-corrected chi connectivity index (χ4v) is 2.31. The molecule has 0 radical (unpaired) electrons. The molecule has 1 aromatic rings. The van der Waals surface area contributed by atoms with Gasteiger partial charge in [0.1, 0.15) is 0 Å². The zero-order valence-corrected chi connectivity index (χ0v) is 10.7. The van der Waals surface area contributed by atoms with Gasteiger partial charge >= 0.3 is 6.18 Å². The molecule has 1 N–H and O–H groups in total. The van der Waals surface area contributed by atoms with Crippen molar-refractivity contribution in [3.8, 4) is 0 Å². The average molecular weight is 274 g/mol. The molecule has 1 aliphatic heterocycles. The Balaban J connectivity index is 2.09. The molecule has 0 saturated carbocycles. The predicted octanol–water partition coefficient (Wildman–Crippen LogP) is 2.91. The Hall–Kier alpha value is -1.30. The van der Waals surface area contributed by atoms with Crippen molar-refractivity contribution in [2.24, 2.45) is 5.92 Å². The lowest BCUT2D eigenvalue weighted by Crippen LogP contribution is -2.41. The second-order valence-corrected chi connectivity index (χ2v) is 4.94. The fourth-order valence-electron chi connectivity index (χ4n) is 2.31. The highest BCUT2D eigenvalue weighted by atomic mass is 19.4. The van der Waals surface area contributed by atoms with Crippen LogP contribution >= 0.6 is 0 Å². The van der Waals surface area contributed by atoms with Gasteiger partial charge in [-0.3, -0.25) is 4.98 Å². The maximum absolute atomic E-state index is 12.7. The third-order valence-corrected chi connectivity index (χ3v) is 3.45. The molecule has 0 aromatic carbocycles. The van der Waals surface area contributed by atoms with E-state index in [0.717, 1.165) is 0 Å². The first-order chi connectivity index (χ1) is 8.88. The van der Waals surface area contributed by atoms with Crippen LogP contribution in [0.3, 0.4) is 0 Å². The molecule has 2 unspecified atom stereocenters. The van der Waals surface area contributed by atoms with Crippen molar-refractivity contribution in [3.05, 3.63) is 24.0 Å². The lowest BCUT2D eigenvalue weighted by molar-refractivity contribution is -0.175. The van der Waals surface area contributed by atoms with E-state index in [1.165, 1.54) is 6.20 Å². The van der Waals surface area contributed by atoms with Crippen LogP contribution in [0.25, 0.3) is 0 Å². The first kappa shape index (κ1) is 14.1. The molecule has 2 atom stereocenters. The fraction of sp³-hybridized carbons (Fsp3) is 0.615. The minimum absolute atomic E-state index is 0.0147. The molecule has 19 heavy (non-hydrogen) atoms. The molecule has 6 heteroatoms. The van der Waals surface area contributed by atoms with E-state index in [4.69, 9.17) is 0 Å². The van der Waals surface area contributed by atoms with E-state index in [1.807, 2.05) is 0 Å².